The van der Waals surface area contributed by atoms with Crippen LogP contribution in [-0.2, 0) is 17.6 Å². The number of amides is 1. The third-order valence-electron chi connectivity index (χ3n) is 4.18. The van der Waals surface area contributed by atoms with Crippen LogP contribution in [0.25, 0.3) is 0 Å². The van der Waals surface area contributed by atoms with Gasteiger partial charge in [-0.15, -0.1) is 0 Å². The molecule has 0 bridgehead atoms. The molecule has 0 saturated heterocycles. The molecule has 118 valence electrons. The molecule has 23 heavy (non-hydrogen) atoms. The number of aryl methyl sites for hydroxylation is 2. The summed E-state index contributed by atoms with van der Waals surface area (Å²) in [6.07, 6.45) is 2.17. The molecule has 0 saturated carbocycles. The van der Waals surface area contributed by atoms with Crippen molar-refractivity contribution in [3.05, 3.63) is 64.7 Å². The van der Waals surface area contributed by atoms with E-state index in [-0.39, 0.29) is 17.9 Å². The summed E-state index contributed by atoms with van der Waals surface area (Å²) >= 11 is 0. The molecule has 1 amide bonds. The zero-order valence-electron chi connectivity index (χ0n) is 13.1. The molecule has 1 heterocycles. The average molecular weight is 309 g/mol. The Kier molecular flexibility index (Phi) is 4.15. The molecule has 0 radical (unpaired) electrons. The number of aromatic carboxylic acids is 1. The Morgan fingerprint density at radius 1 is 1.17 bits per heavy atom. The van der Waals surface area contributed by atoms with Gasteiger partial charge in [-0.05, 0) is 49.1 Å². The largest absolute Gasteiger partial charge is 0.478 e. The summed E-state index contributed by atoms with van der Waals surface area (Å²) in [4.78, 5) is 25.5. The number of hydrogen-bond acceptors (Lipinski definition) is 2. The van der Waals surface area contributed by atoms with Crippen LogP contribution in [-0.4, -0.2) is 23.5 Å². The van der Waals surface area contributed by atoms with Crippen molar-refractivity contribution in [2.24, 2.45) is 0 Å². The van der Waals surface area contributed by atoms with Crippen LogP contribution >= 0.6 is 0 Å². The van der Waals surface area contributed by atoms with Gasteiger partial charge in [0.2, 0.25) is 5.91 Å². The minimum atomic E-state index is -0.974. The number of nitrogens with zero attached hydrogens (tertiary/aromatic N) is 1. The molecule has 0 aromatic heterocycles. The number of carbonyl (C=O) groups excluding carboxylic acids is 1. The number of carbonyl (C=O) groups is 2. The Labute approximate surface area is 135 Å². The van der Waals surface area contributed by atoms with E-state index in [4.69, 9.17) is 5.11 Å². The van der Waals surface area contributed by atoms with Crippen LogP contribution in [0.15, 0.2) is 42.5 Å². The highest BCUT2D eigenvalue weighted by Gasteiger charge is 2.22. The fraction of sp³-hybridized carbons (Fsp3) is 0.263. The van der Waals surface area contributed by atoms with Crippen LogP contribution in [0.2, 0.25) is 0 Å². The fourth-order valence-electron chi connectivity index (χ4n) is 3.07. The monoisotopic (exact) mass is 309 g/mol. The first kappa shape index (κ1) is 15.3. The molecule has 0 atom stereocenters. The highest BCUT2D eigenvalue weighted by Crippen LogP contribution is 2.28. The Balaban J connectivity index is 1.82. The highest BCUT2D eigenvalue weighted by molar-refractivity contribution is 5.96. The molecule has 4 heteroatoms. The summed E-state index contributed by atoms with van der Waals surface area (Å²) in [6, 6.07) is 12.8. The van der Waals surface area contributed by atoms with Gasteiger partial charge in [0.05, 0.1) is 12.0 Å². The molecule has 1 aliphatic rings. The molecular formula is C19H19NO3. The van der Waals surface area contributed by atoms with Gasteiger partial charge >= 0.3 is 5.97 Å². The standard InChI is InChI=1S/C19H19NO3/c1-13-7-8-17-15(10-13)6-3-9-20(17)18(21)12-14-4-2-5-16(11-14)19(22)23/h2,4-5,7-8,10-11H,3,6,9,12H2,1H3,(H,22,23). The van der Waals surface area contributed by atoms with Crippen molar-refractivity contribution in [3.63, 3.8) is 0 Å². The number of rotatable bonds is 3. The number of fused-ring (bicyclic) bond motifs is 1. The van der Waals surface area contributed by atoms with E-state index in [9.17, 15) is 9.59 Å². The van der Waals surface area contributed by atoms with E-state index in [1.165, 1.54) is 17.2 Å². The second kappa shape index (κ2) is 6.24. The van der Waals surface area contributed by atoms with Gasteiger partial charge in [0, 0.05) is 12.2 Å². The molecule has 2 aromatic carbocycles. The number of anilines is 1. The first-order chi connectivity index (χ1) is 11.0. The fourth-order valence-corrected chi connectivity index (χ4v) is 3.07. The molecule has 0 fully saturated rings. The van der Waals surface area contributed by atoms with Crippen LogP contribution in [0.1, 0.15) is 33.5 Å². The summed E-state index contributed by atoms with van der Waals surface area (Å²) in [5.41, 5.74) is 4.34. The van der Waals surface area contributed by atoms with Gasteiger partial charge in [-0.2, -0.15) is 0 Å². The lowest BCUT2D eigenvalue weighted by atomic mass is 9.98. The normalized spacial score (nSPS) is 13.5. The number of carboxylic acids is 1. The highest BCUT2D eigenvalue weighted by atomic mass is 16.4. The van der Waals surface area contributed by atoms with Crippen molar-refractivity contribution in [1.82, 2.24) is 0 Å². The second-order valence-corrected chi connectivity index (χ2v) is 5.96. The summed E-state index contributed by atoms with van der Waals surface area (Å²) < 4.78 is 0. The molecule has 3 rings (SSSR count). The predicted molar refractivity (Wildman–Crippen MR) is 89.0 cm³/mol. The molecule has 4 nitrogen and oxygen atoms in total. The molecule has 1 aliphatic heterocycles. The van der Waals surface area contributed by atoms with E-state index in [0.717, 1.165) is 24.1 Å². The van der Waals surface area contributed by atoms with Crippen molar-refractivity contribution in [2.75, 3.05) is 11.4 Å². The van der Waals surface area contributed by atoms with Crippen LogP contribution in [0.4, 0.5) is 5.69 Å². The average Bonchev–Trinajstić information content (AvgIpc) is 2.54. The Hall–Kier alpha value is -2.62. The minimum Gasteiger partial charge on any atom is -0.478 e. The van der Waals surface area contributed by atoms with Crippen molar-refractivity contribution >= 4 is 17.6 Å². The lowest BCUT2D eigenvalue weighted by molar-refractivity contribution is -0.118. The Morgan fingerprint density at radius 2 is 2.00 bits per heavy atom. The van der Waals surface area contributed by atoms with Crippen molar-refractivity contribution in [2.45, 2.75) is 26.2 Å². The van der Waals surface area contributed by atoms with E-state index in [0.29, 0.717) is 6.54 Å². The molecule has 1 N–H and O–H groups in total. The van der Waals surface area contributed by atoms with E-state index < -0.39 is 5.97 Å². The molecule has 0 spiro atoms. The SMILES string of the molecule is Cc1ccc2c(c1)CCCN2C(=O)Cc1cccc(C(=O)O)c1. The minimum absolute atomic E-state index is 0.0114. The number of benzene rings is 2. The van der Waals surface area contributed by atoms with Gasteiger partial charge in [0.1, 0.15) is 0 Å². The maximum atomic E-state index is 12.7. The predicted octanol–water partition coefficient (Wildman–Crippen LogP) is 3.22. The second-order valence-electron chi connectivity index (χ2n) is 5.96. The zero-order valence-corrected chi connectivity index (χ0v) is 13.1. The molecule has 0 unspecified atom stereocenters. The Morgan fingerprint density at radius 3 is 2.78 bits per heavy atom. The van der Waals surface area contributed by atoms with E-state index in [1.807, 2.05) is 17.0 Å². The van der Waals surface area contributed by atoms with Crippen molar-refractivity contribution < 1.29 is 14.7 Å². The number of carboxylic acid groups (broad SMARTS) is 1. The van der Waals surface area contributed by atoms with Crippen molar-refractivity contribution in [1.29, 1.82) is 0 Å². The van der Waals surface area contributed by atoms with Gasteiger partial charge in [-0.25, -0.2) is 4.79 Å². The third kappa shape index (κ3) is 3.26. The first-order valence-electron chi connectivity index (χ1n) is 7.77. The van der Waals surface area contributed by atoms with Crippen molar-refractivity contribution in [3.8, 4) is 0 Å². The maximum absolute atomic E-state index is 12.7. The third-order valence-corrected chi connectivity index (χ3v) is 4.18. The summed E-state index contributed by atoms with van der Waals surface area (Å²) in [6.45, 7) is 2.77. The van der Waals surface area contributed by atoms with Gasteiger partial charge in [0.25, 0.3) is 0 Å². The smallest absolute Gasteiger partial charge is 0.335 e. The van der Waals surface area contributed by atoms with Crippen LogP contribution in [0.3, 0.4) is 0 Å². The Bertz CT molecular complexity index is 767. The topological polar surface area (TPSA) is 57.6 Å². The van der Waals surface area contributed by atoms with Gasteiger partial charge < -0.3 is 10.0 Å². The zero-order chi connectivity index (χ0) is 16.4. The molecule has 2 aromatic rings. The van der Waals surface area contributed by atoms with Crippen LogP contribution in [0.5, 0.6) is 0 Å². The van der Waals surface area contributed by atoms with Crippen LogP contribution in [0, 0.1) is 6.92 Å². The van der Waals surface area contributed by atoms with Gasteiger partial charge in [-0.3, -0.25) is 4.79 Å². The number of hydrogen-bond donors (Lipinski definition) is 1. The quantitative estimate of drug-likeness (QED) is 0.947. The molecular weight excluding hydrogens is 290 g/mol. The summed E-state index contributed by atoms with van der Waals surface area (Å²) in [5.74, 6) is -0.963. The van der Waals surface area contributed by atoms with E-state index in [1.54, 1.807) is 18.2 Å². The molecule has 0 aliphatic carbocycles. The van der Waals surface area contributed by atoms with Gasteiger partial charge in [-0.1, -0.05) is 29.8 Å². The summed E-state index contributed by atoms with van der Waals surface area (Å²) in [5, 5.41) is 9.05. The first-order valence-corrected chi connectivity index (χ1v) is 7.77. The van der Waals surface area contributed by atoms with Crippen LogP contribution < -0.4 is 4.90 Å². The van der Waals surface area contributed by atoms with Gasteiger partial charge in [0.15, 0.2) is 0 Å². The summed E-state index contributed by atoms with van der Waals surface area (Å²) in [7, 11) is 0. The lowest BCUT2D eigenvalue weighted by Crippen LogP contribution is -2.36. The van der Waals surface area contributed by atoms with E-state index >= 15 is 0 Å². The maximum Gasteiger partial charge on any atom is 0.335 e. The van der Waals surface area contributed by atoms with E-state index in [2.05, 4.69) is 13.0 Å². The lowest BCUT2D eigenvalue weighted by Gasteiger charge is -2.30.